The predicted octanol–water partition coefficient (Wildman–Crippen LogP) is 3.12. The van der Waals surface area contributed by atoms with Gasteiger partial charge < -0.3 is 9.88 Å². The van der Waals surface area contributed by atoms with Gasteiger partial charge in [-0.25, -0.2) is 9.97 Å². The van der Waals surface area contributed by atoms with Gasteiger partial charge >= 0.3 is 0 Å². The summed E-state index contributed by atoms with van der Waals surface area (Å²) in [5.41, 5.74) is 0. The van der Waals surface area contributed by atoms with Gasteiger partial charge in [-0.15, -0.1) is 0 Å². The molecule has 1 fully saturated rings. The molecule has 6 heteroatoms. The van der Waals surface area contributed by atoms with Gasteiger partial charge in [-0.05, 0) is 19.3 Å². The number of aromatic amines is 1. The number of H-pyrrole nitrogens is 1. The van der Waals surface area contributed by atoms with Crippen molar-refractivity contribution in [3.63, 3.8) is 0 Å². The second kappa shape index (κ2) is 5.28. The summed E-state index contributed by atoms with van der Waals surface area (Å²) in [5, 5.41) is 1.03. The lowest BCUT2D eigenvalue weighted by molar-refractivity contribution is 0.458. The Bertz CT molecular complexity index is 519. The second-order valence-corrected chi connectivity index (χ2v) is 6.00. The van der Waals surface area contributed by atoms with Crippen LogP contribution in [0.4, 0.5) is 5.13 Å². The van der Waals surface area contributed by atoms with Crippen LogP contribution in [0.3, 0.4) is 0 Å². The number of imidazole rings is 1. The summed E-state index contributed by atoms with van der Waals surface area (Å²) < 4.78 is 4.46. The summed E-state index contributed by atoms with van der Waals surface area (Å²) in [5.74, 6) is 2.38. The fourth-order valence-electron chi connectivity index (χ4n) is 2.48. The van der Waals surface area contributed by atoms with E-state index in [1.807, 2.05) is 12.4 Å². The smallest absolute Gasteiger partial charge is 0.205 e. The highest BCUT2D eigenvalue weighted by atomic mass is 32.1. The van der Waals surface area contributed by atoms with Crippen LogP contribution < -0.4 is 4.90 Å². The highest BCUT2D eigenvalue weighted by molar-refractivity contribution is 7.09. The van der Waals surface area contributed by atoms with E-state index in [0.29, 0.717) is 12.0 Å². The largest absolute Gasteiger partial charge is 0.347 e. The van der Waals surface area contributed by atoms with Crippen LogP contribution in [0.25, 0.3) is 0 Å². The molecule has 3 heterocycles. The molecule has 0 bridgehead atoms. The van der Waals surface area contributed by atoms with Crippen LogP contribution in [0.2, 0.25) is 0 Å². The van der Waals surface area contributed by atoms with Crippen molar-refractivity contribution in [1.82, 2.24) is 19.3 Å². The van der Waals surface area contributed by atoms with E-state index in [2.05, 4.69) is 38.1 Å². The van der Waals surface area contributed by atoms with Crippen molar-refractivity contribution in [2.45, 2.75) is 45.1 Å². The van der Waals surface area contributed by atoms with E-state index >= 15 is 0 Å². The molecule has 0 radical (unpaired) electrons. The lowest BCUT2D eigenvalue weighted by Gasteiger charge is -2.33. The van der Waals surface area contributed by atoms with Crippen LogP contribution in [0.15, 0.2) is 12.4 Å². The van der Waals surface area contributed by atoms with Gasteiger partial charge in [-0.1, -0.05) is 13.8 Å². The molecule has 102 valence electrons. The van der Waals surface area contributed by atoms with Crippen molar-refractivity contribution in [2.24, 2.45) is 0 Å². The number of hydrogen-bond donors (Lipinski definition) is 1. The van der Waals surface area contributed by atoms with E-state index in [1.165, 1.54) is 24.4 Å². The van der Waals surface area contributed by atoms with Crippen LogP contribution in [0, 0.1) is 0 Å². The first kappa shape index (κ1) is 12.6. The Hall–Kier alpha value is -1.43. The average molecular weight is 277 g/mol. The van der Waals surface area contributed by atoms with E-state index in [1.54, 1.807) is 0 Å². The minimum atomic E-state index is 0.316. The van der Waals surface area contributed by atoms with Gasteiger partial charge in [0.15, 0.2) is 0 Å². The van der Waals surface area contributed by atoms with Crippen molar-refractivity contribution in [3.05, 3.63) is 24.0 Å². The lowest BCUT2D eigenvalue weighted by atomic mass is 10.0. The molecule has 3 rings (SSSR count). The molecule has 5 nitrogen and oxygen atoms in total. The maximum Gasteiger partial charge on any atom is 0.205 e. The fraction of sp³-hybridized carbons (Fsp3) is 0.615. The molecule has 1 unspecified atom stereocenters. The fourth-order valence-corrected chi connectivity index (χ4v) is 3.37. The van der Waals surface area contributed by atoms with Crippen molar-refractivity contribution in [2.75, 3.05) is 11.4 Å². The zero-order valence-corrected chi connectivity index (χ0v) is 12.2. The predicted molar refractivity (Wildman–Crippen MR) is 76.5 cm³/mol. The summed E-state index contributed by atoms with van der Waals surface area (Å²) in [6.45, 7) is 5.30. The number of piperidine rings is 1. The molecule has 1 atom stereocenters. The molecule has 0 saturated carbocycles. The first-order valence-corrected chi connectivity index (χ1v) is 7.62. The Balaban J connectivity index is 1.87. The molecule has 1 aliphatic rings. The van der Waals surface area contributed by atoms with Gasteiger partial charge in [0.25, 0.3) is 0 Å². The normalized spacial score (nSPS) is 20.2. The Morgan fingerprint density at radius 1 is 1.42 bits per heavy atom. The van der Waals surface area contributed by atoms with Gasteiger partial charge in [-0.2, -0.15) is 4.37 Å². The lowest BCUT2D eigenvalue weighted by Crippen LogP contribution is -2.34. The van der Waals surface area contributed by atoms with E-state index in [4.69, 9.17) is 0 Å². The molecule has 2 aromatic heterocycles. The van der Waals surface area contributed by atoms with Gasteiger partial charge in [0, 0.05) is 36.4 Å². The summed E-state index contributed by atoms with van der Waals surface area (Å²) in [7, 11) is 0. The number of anilines is 1. The molecule has 0 amide bonds. The summed E-state index contributed by atoms with van der Waals surface area (Å²) in [6, 6.07) is 0.316. The molecule has 1 aliphatic heterocycles. The zero-order chi connectivity index (χ0) is 13.2. The maximum atomic E-state index is 4.69. The van der Waals surface area contributed by atoms with Crippen LogP contribution in [0.1, 0.15) is 56.7 Å². The topological polar surface area (TPSA) is 57.7 Å². The molecule has 0 spiro atoms. The molecular formula is C13H19N5S. The number of nitrogens with one attached hydrogen (secondary N) is 1. The number of aromatic nitrogens is 4. The molecule has 0 aliphatic carbocycles. The van der Waals surface area contributed by atoms with Crippen LogP contribution in [-0.2, 0) is 0 Å². The van der Waals surface area contributed by atoms with E-state index in [0.717, 1.165) is 29.7 Å². The van der Waals surface area contributed by atoms with Gasteiger partial charge in [-0.3, -0.25) is 0 Å². The minimum absolute atomic E-state index is 0.316. The minimum Gasteiger partial charge on any atom is -0.347 e. The first-order chi connectivity index (χ1) is 9.25. The van der Waals surface area contributed by atoms with Crippen LogP contribution in [-0.4, -0.2) is 25.9 Å². The van der Waals surface area contributed by atoms with E-state index in [9.17, 15) is 0 Å². The average Bonchev–Trinajstić information content (AvgIpc) is 3.10. The Kier molecular flexibility index (Phi) is 3.50. The second-order valence-electron chi connectivity index (χ2n) is 5.27. The zero-order valence-electron chi connectivity index (χ0n) is 11.3. The molecule has 19 heavy (non-hydrogen) atoms. The summed E-state index contributed by atoms with van der Waals surface area (Å²) in [6.07, 6.45) is 7.30. The third kappa shape index (κ3) is 2.49. The molecule has 1 saturated heterocycles. The quantitative estimate of drug-likeness (QED) is 0.936. The third-order valence-corrected chi connectivity index (χ3v) is 4.30. The van der Waals surface area contributed by atoms with Crippen LogP contribution >= 0.6 is 11.5 Å². The Morgan fingerprint density at radius 2 is 2.32 bits per heavy atom. The van der Waals surface area contributed by atoms with E-state index in [-0.39, 0.29) is 0 Å². The van der Waals surface area contributed by atoms with E-state index < -0.39 is 0 Å². The first-order valence-electron chi connectivity index (χ1n) is 6.85. The van der Waals surface area contributed by atoms with Gasteiger partial charge in [0.2, 0.25) is 5.13 Å². The maximum absolute atomic E-state index is 4.69. The highest BCUT2D eigenvalue weighted by Crippen LogP contribution is 2.34. The Labute approximate surface area is 117 Å². The van der Waals surface area contributed by atoms with Gasteiger partial charge in [0.05, 0.1) is 6.04 Å². The highest BCUT2D eigenvalue weighted by Gasteiger charge is 2.28. The van der Waals surface area contributed by atoms with Crippen molar-refractivity contribution < 1.29 is 0 Å². The number of nitrogens with zero attached hydrogens (tertiary/aromatic N) is 4. The third-order valence-electron chi connectivity index (χ3n) is 3.53. The van der Waals surface area contributed by atoms with Crippen molar-refractivity contribution in [3.8, 4) is 0 Å². The number of hydrogen-bond acceptors (Lipinski definition) is 5. The summed E-state index contributed by atoms with van der Waals surface area (Å²) in [4.78, 5) is 14.7. The van der Waals surface area contributed by atoms with Crippen molar-refractivity contribution >= 4 is 16.7 Å². The van der Waals surface area contributed by atoms with Crippen LogP contribution in [0.5, 0.6) is 0 Å². The molecular weight excluding hydrogens is 258 g/mol. The Morgan fingerprint density at radius 3 is 3.00 bits per heavy atom. The standard InChI is InChI=1S/C13H19N5S/c1-9(2)11-16-13(19-17-11)18-8-4-3-5-10(18)12-14-6-7-15-12/h6-7,9-10H,3-5,8H2,1-2H3,(H,14,15). The van der Waals surface area contributed by atoms with Crippen molar-refractivity contribution in [1.29, 1.82) is 0 Å². The summed E-state index contributed by atoms with van der Waals surface area (Å²) >= 11 is 1.51. The molecule has 2 aromatic rings. The number of rotatable bonds is 3. The van der Waals surface area contributed by atoms with Gasteiger partial charge in [0.1, 0.15) is 11.6 Å². The molecule has 1 N–H and O–H groups in total. The monoisotopic (exact) mass is 277 g/mol. The molecule has 0 aromatic carbocycles. The SMILES string of the molecule is CC(C)c1nsc(N2CCCCC2c2ncc[nH]2)n1.